The van der Waals surface area contributed by atoms with Crippen LogP contribution in [0.5, 0.6) is 0 Å². The third-order valence-electron chi connectivity index (χ3n) is 3.13. The van der Waals surface area contributed by atoms with Gasteiger partial charge in [-0.1, -0.05) is 13.8 Å². The summed E-state index contributed by atoms with van der Waals surface area (Å²) in [4.78, 5) is 2.23. The lowest BCUT2D eigenvalue weighted by molar-refractivity contribution is 0.132. The molecule has 0 aromatic heterocycles. The van der Waals surface area contributed by atoms with Crippen LogP contribution >= 0.6 is 0 Å². The number of nitrogens with zero attached hydrogens (tertiary/aromatic N) is 1. The van der Waals surface area contributed by atoms with Crippen molar-refractivity contribution in [1.29, 1.82) is 0 Å². The molecule has 2 N–H and O–H groups in total. The van der Waals surface area contributed by atoms with Crippen LogP contribution in [0.3, 0.4) is 0 Å². The van der Waals surface area contributed by atoms with Crippen LogP contribution in [0.25, 0.3) is 0 Å². The van der Waals surface area contributed by atoms with Crippen LogP contribution in [0, 0.1) is 5.41 Å². The van der Waals surface area contributed by atoms with Crippen molar-refractivity contribution in [2.24, 2.45) is 5.41 Å². The number of aliphatic hydroxyl groups is 1. The summed E-state index contributed by atoms with van der Waals surface area (Å²) in [5, 5.41) is 12.6. The highest BCUT2D eigenvalue weighted by atomic mass is 16.5. The molecule has 0 aliphatic heterocycles. The van der Waals surface area contributed by atoms with Crippen LogP contribution in [0.4, 0.5) is 0 Å². The average molecular weight is 232 g/mol. The van der Waals surface area contributed by atoms with Gasteiger partial charge in [-0.05, 0) is 13.5 Å². The van der Waals surface area contributed by atoms with Gasteiger partial charge in [0.25, 0.3) is 0 Å². The Bertz CT molecular complexity index is 161. The maximum atomic E-state index is 9.24. The Morgan fingerprint density at radius 1 is 1.38 bits per heavy atom. The molecule has 0 aliphatic rings. The van der Waals surface area contributed by atoms with E-state index in [1.54, 1.807) is 7.11 Å². The van der Waals surface area contributed by atoms with Crippen LogP contribution in [0.1, 0.15) is 20.3 Å². The van der Waals surface area contributed by atoms with E-state index in [9.17, 15) is 5.11 Å². The highest BCUT2D eigenvalue weighted by molar-refractivity contribution is 4.74. The highest BCUT2D eigenvalue weighted by Crippen LogP contribution is 2.17. The number of ether oxygens (including phenoxy) is 1. The van der Waals surface area contributed by atoms with E-state index in [2.05, 4.69) is 31.1 Å². The molecule has 0 fully saturated rings. The third kappa shape index (κ3) is 7.17. The molecule has 0 heterocycles. The van der Waals surface area contributed by atoms with Crippen LogP contribution in [0.15, 0.2) is 0 Å². The molecule has 0 aromatic rings. The van der Waals surface area contributed by atoms with Gasteiger partial charge in [-0.2, -0.15) is 0 Å². The Balaban J connectivity index is 3.51. The molecule has 0 rings (SSSR count). The normalized spacial score (nSPS) is 15.4. The molecular formula is C12H28N2O2. The van der Waals surface area contributed by atoms with E-state index < -0.39 is 0 Å². The first-order valence-corrected chi connectivity index (χ1v) is 6.07. The molecule has 98 valence electrons. The summed E-state index contributed by atoms with van der Waals surface area (Å²) in [5.74, 6) is 0. The van der Waals surface area contributed by atoms with Crippen molar-refractivity contribution in [1.82, 2.24) is 10.2 Å². The summed E-state index contributed by atoms with van der Waals surface area (Å²) >= 11 is 0. The molecule has 1 unspecified atom stereocenters. The van der Waals surface area contributed by atoms with Crippen molar-refractivity contribution in [2.75, 3.05) is 53.6 Å². The van der Waals surface area contributed by atoms with Crippen molar-refractivity contribution in [3.05, 3.63) is 0 Å². The summed E-state index contributed by atoms with van der Waals surface area (Å²) in [6.45, 7) is 9.04. The summed E-state index contributed by atoms with van der Waals surface area (Å²) in [5.41, 5.74) is 0.0189. The quantitative estimate of drug-likeness (QED) is 0.540. The van der Waals surface area contributed by atoms with Gasteiger partial charge in [0.2, 0.25) is 0 Å². The first kappa shape index (κ1) is 15.8. The van der Waals surface area contributed by atoms with Gasteiger partial charge < -0.3 is 20.1 Å². The van der Waals surface area contributed by atoms with Gasteiger partial charge in [-0.25, -0.2) is 0 Å². The molecule has 0 amide bonds. The molecule has 1 atom stereocenters. The zero-order valence-corrected chi connectivity index (χ0v) is 11.3. The fourth-order valence-corrected chi connectivity index (χ4v) is 1.31. The maximum absolute atomic E-state index is 9.24. The molecule has 0 bridgehead atoms. The van der Waals surface area contributed by atoms with E-state index in [0.29, 0.717) is 0 Å². The summed E-state index contributed by atoms with van der Waals surface area (Å²) < 4.78 is 5.01. The second kappa shape index (κ2) is 8.93. The van der Waals surface area contributed by atoms with Crippen LogP contribution in [-0.4, -0.2) is 63.6 Å². The molecule has 0 aliphatic carbocycles. The number of rotatable bonds is 10. The van der Waals surface area contributed by atoms with E-state index in [-0.39, 0.29) is 12.0 Å². The molecular weight excluding hydrogens is 204 g/mol. The molecule has 0 saturated heterocycles. The third-order valence-corrected chi connectivity index (χ3v) is 3.13. The summed E-state index contributed by atoms with van der Waals surface area (Å²) in [7, 11) is 3.81. The number of likely N-dealkylation sites (N-methyl/N-ethyl adjacent to an activating group) is 1. The molecule has 4 heteroatoms. The van der Waals surface area contributed by atoms with Crippen molar-refractivity contribution >= 4 is 0 Å². The van der Waals surface area contributed by atoms with Crippen molar-refractivity contribution in [2.45, 2.75) is 20.3 Å². The van der Waals surface area contributed by atoms with Gasteiger partial charge in [0.15, 0.2) is 0 Å². The number of aliphatic hydroxyl groups excluding tert-OH is 1. The second-order valence-corrected chi connectivity index (χ2v) is 4.80. The predicted octanol–water partition coefficient (Wildman–Crippen LogP) is 0.563. The first-order chi connectivity index (χ1) is 7.58. The molecule has 0 radical (unpaired) electrons. The van der Waals surface area contributed by atoms with Crippen LogP contribution < -0.4 is 5.32 Å². The first-order valence-electron chi connectivity index (χ1n) is 6.07. The molecule has 0 spiro atoms. The lowest BCUT2D eigenvalue weighted by Crippen LogP contribution is -2.38. The minimum absolute atomic E-state index is 0.0189. The highest BCUT2D eigenvalue weighted by Gasteiger charge is 2.19. The molecule has 16 heavy (non-hydrogen) atoms. The fraction of sp³-hybridized carbons (Fsp3) is 1.00. The lowest BCUT2D eigenvalue weighted by Gasteiger charge is -2.26. The Morgan fingerprint density at radius 2 is 2.06 bits per heavy atom. The number of hydrogen-bond donors (Lipinski definition) is 2. The van der Waals surface area contributed by atoms with Gasteiger partial charge in [-0.15, -0.1) is 0 Å². The van der Waals surface area contributed by atoms with Crippen molar-refractivity contribution < 1.29 is 9.84 Å². The zero-order valence-electron chi connectivity index (χ0n) is 11.3. The van der Waals surface area contributed by atoms with Gasteiger partial charge >= 0.3 is 0 Å². The Kier molecular flexibility index (Phi) is 8.84. The second-order valence-electron chi connectivity index (χ2n) is 4.80. The maximum Gasteiger partial charge on any atom is 0.0589 e. The van der Waals surface area contributed by atoms with Crippen molar-refractivity contribution in [3.63, 3.8) is 0 Å². The van der Waals surface area contributed by atoms with E-state index in [4.69, 9.17) is 4.74 Å². The predicted molar refractivity (Wildman–Crippen MR) is 67.7 cm³/mol. The van der Waals surface area contributed by atoms with Crippen molar-refractivity contribution in [3.8, 4) is 0 Å². The molecule has 0 aromatic carbocycles. The number of nitrogens with one attached hydrogen (secondary N) is 1. The van der Waals surface area contributed by atoms with Gasteiger partial charge in [0.05, 0.1) is 6.61 Å². The molecule has 4 nitrogen and oxygen atoms in total. The van der Waals surface area contributed by atoms with E-state index in [1.165, 1.54) is 0 Å². The Hall–Kier alpha value is -0.160. The van der Waals surface area contributed by atoms with E-state index >= 15 is 0 Å². The topological polar surface area (TPSA) is 44.7 Å². The average Bonchev–Trinajstić information content (AvgIpc) is 2.31. The van der Waals surface area contributed by atoms with Crippen LogP contribution in [0.2, 0.25) is 0 Å². The largest absolute Gasteiger partial charge is 0.396 e. The van der Waals surface area contributed by atoms with Gasteiger partial charge in [-0.3, -0.25) is 0 Å². The Labute approximate surface area is 100.0 Å². The summed E-state index contributed by atoms with van der Waals surface area (Å²) in [6.07, 6.45) is 0.996. The number of methoxy groups -OCH3 is 1. The minimum Gasteiger partial charge on any atom is -0.396 e. The zero-order chi connectivity index (χ0) is 12.4. The smallest absolute Gasteiger partial charge is 0.0589 e. The standard InChI is InChI=1S/C12H28N2O2/c1-5-12(2,11-15)10-13-6-7-14(3)8-9-16-4/h13,15H,5-11H2,1-4H3. The Morgan fingerprint density at radius 3 is 2.56 bits per heavy atom. The van der Waals surface area contributed by atoms with Gasteiger partial charge in [0, 0.05) is 45.3 Å². The van der Waals surface area contributed by atoms with E-state index in [1.807, 2.05) is 0 Å². The fourth-order valence-electron chi connectivity index (χ4n) is 1.31. The van der Waals surface area contributed by atoms with Gasteiger partial charge in [0.1, 0.15) is 0 Å². The number of hydrogen-bond acceptors (Lipinski definition) is 4. The SMILES string of the molecule is CCC(C)(CO)CNCCN(C)CCOC. The molecule has 0 saturated carbocycles. The van der Waals surface area contributed by atoms with E-state index in [0.717, 1.165) is 39.2 Å². The lowest BCUT2D eigenvalue weighted by atomic mass is 9.89. The monoisotopic (exact) mass is 232 g/mol. The summed E-state index contributed by atoms with van der Waals surface area (Å²) in [6, 6.07) is 0. The van der Waals surface area contributed by atoms with Crippen LogP contribution in [-0.2, 0) is 4.74 Å². The minimum atomic E-state index is 0.0189.